The second-order valence-corrected chi connectivity index (χ2v) is 8.01. The van der Waals surface area contributed by atoms with Gasteiger partial charge in [-0.2, -0.15) is 0 Å². The number of hydrogen-bond donors (Lipinski definition) is 2. The Morgan fingerprint density at radius 3 is 2.56 bits per heavy atom. The number of aromatic nitrogens is 3. The molecule has 3 aromatic heterocycles. The van der Waals surface area contributed by atoms with Crippen LogP contribution in [0.25, 0.3) is 22.2 Å². The summed E-state index contributed by atoms with van der Waals surface area (Å²) in [6.07, 6.45) is 3.72. The minimum atomic E-state index is 0.128. The van der Waals surface area contributed by atoms with E-state index >= 15 is 0 Å². The Bertz CT molecular complexity index is 1090. The second-order valence-electron chi connectivity index (χ2n) is 7.62. The van der Waals surface area contributed by atoms with Crippen LogP contribution in [0.15, 0.2) is 60.9 Å². The standard InChI is InChI=1S/C22H21ClN4/c1-22(2,3)15-6-8-16(9-7-15)26-20-12-14(11-19(23)27-20)18-13-25-21-17(18)5-4-10-24-21/h4-13H,1-3H3,(H,24,25)(H,26,27). The monoisotopic (exact) mass is 376 g/mol. The first-order valence-electron chi connectivity index (χ1n) is 8.88. The highest BCUT2D eigenvalue weighted by Gasteiger charge is 2.13. The number of nitrogens with one attached hydrogen (secondary N) is 2. The third kappa shape index (κ3) is 3.67. The van der Waals surface area contributed by atoms with Crippen molar-refractivity contribution < 1.29 is 0 Å². The van der Waals surface area contributed by atoms with Crippen molar-refractivity contribution in [1.29, 1.82) is 0 Å². The molecule has 0 aliphatic heterocycles. The summed E-state index contributed by atoms with van der Waals surface area (Å²) in [7, 11) is 0. The van der Waals surface area contributed by atoms with Gasteiger partial charge in [-0.25, -0.2) is 9.97 Å². The summed E-state index contributed by atoms with van der Waals surface area (Å²) in [6.45, 7) is 6.61. The van der Waals surface area contributed by atoms with Gasteiger partial charge in [0.05, 0.1) is 0 Å². The molecule has 4 aromatic rings. The van der Waals surface area contributed by atoms with E-state index in [1.54, 1.807) is 6.20 Å². The van der Waals surface area contributed by atoms with Gasteiger partial charge < -0.3 is 10.3 Å². The largest absolute Gasteiger partial charge is 0.346 e. The van der Waals surface area contributed by atoms with Crippen molar-refractivity contribution in [2.45, 2.75) is 26.2 Å². The molecule has 0 saturated heterocycles. The lowest BCUT2D eigenvalue weighted by Crippen LogP contribution is -2.10. The van der Waals surface area contributed by atoms with Crippen LogP contribution in [-0.2, 0) is 5.41 Å². The Morgan fingerprint density at radius 2 is 1.81 bits per heavy atom. The smallest absolute Gasteiger partial charge is 0.137 e. The van der Waals surface area contributed by atoms with Gasteiger partial charge in [0.25, 0.3) is 0 Å². The molecular weight excluding hydrogens is 356 g/mol. The van der Waals surface area contributed by atoms with Crippen molar-refractivity contribution >= 4 is 34.1 Å². The molecule has 0 bridgehead atoms. The molecule has 3 heterocycles. The molecular formula is C22H21ClN4. The number of anilines is 2. The molecule has 0 atom stereocenters. The van der Waals surface area contributed by atoms with E-state index in [4.69, 9.17) is 11.6 Å². The number of nitrogens with zero attached hydrogens (tertiary/aromatic N) is 2. The van der Waals surface area contributed by atoms with E-state index in [1.807, 2.05) is 30.5 Å². The molecule has 4 nitrogen and oxygen atoms in total. The minimum absolute atomic E-state index is 0.128. The molecule has 1 aromatic carbocycles. The Balaban J connectivity index is 1.67. The van der Waals surface area contributed by atoms with Gasteiger partial charge in [0.1, 0.15) is 16.6 Å². The van der Waals surface area contributed by atoms with E-state index in [2.05, 4.69) is 65.3 Å². The maximum atomic E-state index is 6.29. The van der Waals surface area contributed by atoms with Crippen LogP contribution in [0.3, 0.4) is 0 Å². The normalized spacial score (nSPS) is 11.7. The van der Waals surface area contributed by atoms with Gasteiger partial charge in [-0.1, -0.05) is 44.5 Å². The molecule has 2 N–H and O–H groups in total. The quantitative estimate of drug-likeness (QED) is 0.411. The highest BCUT2D eigenvalue weighted by molar-refractivity contribution is 6.29. The number of hydrogen-bond acceptors (Lipinski definition) is 3. The van der Waals surface area contributed by atoms with Crippen molar-refractivity contribution in [2.75, 3.05) is 5.32 Å². The van der Waals surface area contributed by atoms with Crippen LogP contribution in [-0.4, -0.2) is 15.0 Å². The summed E-state index contributed by atoms with van der Waals surface area (Å²) in [5, 5.41) is 4.85. The first kappa shape index (κ1) is 17.6. The average Bonchev–Trinajstić information content (AvgIpc) is 3.05. The minimum Gasteiger partial charge on any atom is -0.346 e. The average molecular weight is 377 g/mol. The third-order valence-corrected chi connectivity index (χ3v) is 4.77. The molecule has 0 saturated carbocycles. The zero-order valence-corrected chi connectivity index (χ0v) is 16.3. The maximum Gasteiger partial charge on any atom is 0.137 e. The first-order chi connectivity index (χ1) is 12.9. The predicted octanol–water partition coefficient (Wildman–Crippen LogP) is 6.32. The lowest BCUT2D eigenvalue weighted by atomic mass is 9.87. The third-order valence-electron chi connectivity index (χ3n) is 4.58. The Hall–Kier alpha value is -2.85. The number of aromatic amines is 1. The van der Waals surface area contributed by atoms with Crippen LogP contribution >= 0.6 is 11.6 Å². The molecule has 5 heteroatoms. The fourth-order valence-corrected chi connectivity index (χ4v) is 3.32. The van der Waals surface area contributed by atoms with Gasteiger partial charge in [-0.15, -0.1) is 0 Å². The molecule has 0 aliphatic carbocycles. The molecule has 136 valence electrons. The summed E-state index contributed by atoms with van der Waals surface area (Å²) in [6, 6.07) is 16.2. The Labute approximate surface area is 163 Å². The Morgan fingerprint density at radius 1 is 1.04 bits per heavy atom. The van der Waals surface area contributed by atoms with E-state index in [9.17, 15) is 0 Å². The predicted molar refractivity (Wildman–Crippen MR) is 113 cm³/mol. The zero-order chi connectivity index (χ0) is 19.0. The van der Waals surface area contributed by atoms with Crippen LogP contribution in [0.2, 0.25) is 5.15 Å². The molecule has 0 aliphatic rings. The van der Waals surface area contributed by atoms with Crippen LogP contribution in [0.4, 0.5) is 11.5 Å². The summed E-state index contributed by atoms with van der Waals surface area (Å²) in [4.78, 5) is 12.0. The van der Waals surface area contributed by atoms with Crippen LogP contribution in [0.1, 0.15) is 26.3 Å². The zero-order valence-electron chi connectivity index (χ0n) is 15.5. The highest BCUT2D eigenvalue weighted by Crippen LogP contribution is 2.31. The van der Waals surface area contributed by atoms with Gasteiger partial charge >= 0.3 is 0 Å². The lowest BCUT2D eigenvalue weighted by Gasteiger charge is -2.19. The topological polar surface area (TPSA) is 53.6 Å². The van der Waals surface area contributed by atoms with Crippen molar-refractivity contribution in [3.63, 3.8) is 0 Å². The van der Waals surface area contributed by atoms with Gasteiger partial charge in [0, 0.05) is 29.0 Å². The van der Waals surface area contributed by atoms with Crippen LogP contribution in [0, 0.1) is 0 Å². The van der Waals surface area contributed by atoms with E-state index in [0.717, 1.165) is 27.8 Å². The SMILES string of the molecule is CC(C)(C)c1ccc(Nc2cc(-c3c[nH]c4ncccc34)cc(Cl)n2)cc1. The molecule has 0 radical (unpaired) electrons. The molecule has 0 spiro atoms. The van der Waals surface area contributed by atoms with Crippen molar-refractivity contribution in [1.82, 2.24) is 15.0 Å². The van der Waals surface area contributed by atoms with E-state index < -0.39 is 0 Å². The number of benzene rings is 1. The number of H-pyrrole nitrogens is 1. The van der Waals surface area contributed by atoms with Gasteiger partial charge in [-0.3, -0.25) is 0 Å². The number of fused-ring (bicyclic) bond motifs is 1. The fourth-order valence-electron chi connectivity index (χ4n) is 3.11. The van der Waals surface area contributed by atoms with Gasteiger partial charge in [0.2, 0.25) is 0 Å². The molecule has 27 heavy (non-hydrogen) atoms. The number of pyridine rings is 2. The second kappa shape index (κ2) is 6.71. The van der Waals surface area contributed by atoms with Crippen LogP contribution in [0.5, 0.6) is 0 Å². The molecule has 4 rings (SSSR count). The van der Waals surface area contributed by atoms with E-state index in [1.165, 1.54) is 5.56 Å². The van der Waals surface area contributed by atoms with Crippen molar-refractivity contribution in [3.8, 4) is 11.1 Å². The van der Waals surface area contributed by atoms with Crippen molar-refractivity contribution in [3.05, 3.63) is 71.6 Å². The summed E-state index contributed by atoms with van der Waals surface area (Å²) >= 11 is 6.29. The Kier molecular flexibility index (Phi) is 4.36. The summed E-state index contributed by atoms with van der Waals surface area (Å²) in [5.74, 6) is 0.708. The lowest BCUT2D eigenvalue weighted by molar-refractivity contribution is 0.590. The number of halogens is 1. The van der Waals surface area contributed by atoms with Crippen molar-refractivity contribution in [2.24, 2.45) is 0 Å². The fraction of sp³-hybridized carbons (Fsp3) is 0.182. The summed E-state index contributed by atoms with van der Waals surface area (Å²) < 4.78 is 0. The first-order valence-corrected chi connectivity index (χ1v) is 9.25. The molecule has 0 fully saturated rings. The van der Waals surface area contributed by atoms with Gasteiger partial charge in [-0.05, 0) is 52.9 Å². The van der Waals surface area contributed by atoms with E-state index in [0.29, 0.717) is 11.0 Å². The van der Waals surface area contributed by atoms with Crippen LogP contribution < -0.4 is 5.32 Å². The number of rotatable bonds is 3. The van der Waals surface area contributed by atoms with Gasteiger partial charge in [0.15, 0.2) is 0 Å². The summed E-state index contributed by atoms with van der Waals surface area (Å²) in [5.41, 5.74) is 5.29. The highest BCUT2D eigenvalue weighted by atomic mass is 35.5. The maximum absolute atomic E-state index is 6.29. The molecule has 0 unspecified atom stereocenters. The molecule has 0 amide bonds. The van der Waals surface area contributed by atoms with E-state index in [-0.39, 0.29) is 5.41 Å².